The molecule has 0 aliphatic carbocycles. The van der Waals surface area contributed by atoms with Crippen molar-refractivity contribution in [2.45, 2.75) is 25.8 Å². The lowest BCUT2D eigenvalue weighted by atomic mass is 9.88. The zero-order valence-electron chi connectivity index (χ0n) is 18.2. The maximum absolute atomic E-state index is 13.2. The smallest absolute Gasteiger partial charge is 0.253 e. The van der Waals surface area contributed by atoms with Gasteiger partial charge in [-0.3, -0.25) is 9.69 Å². The minimum atomic E-state index is 0.160. The van der Waals surface area contributed by atoms with Gasteiger partial charge in [0.25, 0.3) is 5.91 Å². The predicted molar refractivity (Wildman–Crippen MR) is 125 cm³/mol. The van der Waals surface area contributed by atoms with Crippen LogP contribution in [0.1, 0.15) is 38.5 Å². The van der Waals surface area contributed by atoms with Crippen LogP contribution in [0.5, 0.6) is 0 Å². The van der Waals surface area contributed by atoms with Gasteiger partial charge in [0, 0.05) is 44.2 Å². The number of aryl methyl sites for hydroxylation is 1. The molecule has 158 valence electrons. The van der Waals surface area contributed by atoms with Crippen LogP contribution in [0.3, 0.4) is 0 Å². The van der Waals surface area contributed by atoms with E-state index in [2.05, 4.69) is 71.3 Å². The number of fused-ring (bicyclic) bond motifs is 1. The molecule has 0 spiro atoms. The Bertz CT molecular complexity index is 1040. The highest BCUT2D eigenvalue weighted by Gasteiger charge is 2.37. The Morgan fingerprint density at radius 2 is 1.58 bits per heavy atom. The SMILES string of the molecule is Cc1ccc(C(=O)N2CC(CN3CCc4ccccc4C3)C(c3ccccc3)C2)cc1. The van der Waals surface area contributed by atoms with Crippen LogP contribution in [0.25, 0.3) is 0 Å². The van der Waals surface area contributed by atoms with Gasteiger partial charge < -0.3 is 4.90 Å². The van der Waals surface area contributed by atoms with Gasteiger partial charge in [0.15, 0.2) is 0 Å². The Morgan fingerprint density at radius 1 is 0.871 bits per heavy atom. The number of likely N-dealkylation sites (tertiary alicyclic amines) is 1. The van der Waals surface area contributed by atoms with Crippen LogP contribution in [-0.4, -0.2) is 41.9 Å². The van der Waals surface area contributed by atoms with Crippen molar-refractivity contribution in [2.24, 2.45) is 5.92 Å². The third kappa shape index (κ3) is 4.28. The van der Waals surface area contributed by atoms with E-state index >= 15 is 0 Å². The summed E-state index contributed by atoms with van der Waals surface area (Å²) < 4.78 is 0. The van der Waals surface area contributed by atoms with E-state index in [9.17, 15) is 4.79 Å². The molecule has 2 unspecified atom stereocenters. The highest BCUT2D eigenvalue weighted by atomic mass is 16.2. The number of hydrogen-bond acceptors (Lipinski definition) is 2. The second kappa shape index (κ2) is 8.68. The molecule has 31 heavy (non-hydrogen) atoms. The first-order chi connectivity index (χ1) is 15.2. The molecular weight excluding hydrogens is 380 g/mol. The van der Waals surface area contributed by atoms with E-state index in [-0.39, 0.29) is 5.91 Å². The highest BCUT2D eigenvalue weighted by Crippen LogP contribution is 2.35. The molecule has 0 saturated carbocycles. The van der Waals surface area contributed by atoms with Gasteiger partial charge in [0.1, 0.15) is 0 Å². The van der Waals surface area contributed by atoms with E-state index < -0.39 is 0 Å². The molecule has 0 radical (unpaired) electrons. The van der Waals surface area contributed by atoms with Crippen LogP contribution in [0, 0.1) is 12.8 Å². The van der Waals surface area contributed by atoms with Crippen LogP contribution < -0.4 is 0 Å². The minimum absolute atomic E-state index is 0.160. The number of benzene rings is 3. The molecule has 3 aromatic rings. The molecule has 3 nitrogen and oxygen atoms in total. The molecule has 0 aromatic heterocycles. The summed E-state index contributed by atoms with van der Waals surface area (Å²) in [6.45, 7) is 6.82. The molecular formula is C28H30N2O. The summed E-state index contributed by atoms with van der Waals surface area (Å²) in [5.41, 5.74) is 6.27. The maximum atomic E-state index is 13.2. The molecule has 1 amide bonds. The molecule has 2 aliphatic heterocycles. The first kappa shape index (κ1) is 20.0. The lowest BCUT2D eigenvalue weighted by Gasteiger charge is -2.32. The van der Waals surface area contributed by atoms with Crippen LogP contribution >= 0.6 is 0 Å². The van der Waals surface area contributed by atoms with E-state index in [0.717, 1.165) is 44.7 Å². The van der Waals surface area contributed by atoms with Crippen molar-refractivity contribution >= 4 is 5.91 Å². The highest BCUT2D eigenvalue weighted by molar-refractivity contribution is 5.94. The number of nitrogens with zero attached hydrogens (tertiary/aromatic N) is 2. The maximum Gasteiger partial charge on any atom is 0.253 e. The minimum Gasteiger partial charge on any atom is -0.338 e. The summed E-state index contributed by atoms with van der Waals surface area (Å²) in [5, 5.41) is 0. The summed E-state index contributed by atoms with van der Waals surface area (Å²) in [4.78, 5) is 17.9. The van der Waals surface area contributed by atoms with E-state index in [0.29, 0.717) is 11.8 Å². The molecule has 0 bridgehead atoms. The predicted octanol–water partition coefficient (Wildman–Crippen LogP) is 4.91. The fraction of sp³-hybridized carbons (Fsp3) is 0.321. The monoisotopic (exact) mass is 410 g/mol. The fourth-order valence-electron chi connectivity index (χ4n) is 5.22. The molecule has 2 atom stereocenters. The number of carbonyl (C=O) groups is 1. The molecule has 0 N–H and O–H groups in total. The molecule has 1 saturated heterocycles. The summed E-state index contributed by atoms with van der Waals surface area (Å²) in [6.07, 6.45) is 1.12. The third-order valence-corrected chi connectivity index (χ3v) is 6.96. The fourth-order valence-corrected chi connectivity index (χ4v) is 5.22. The Hall–Kier alpha value is -2.91. The normalized spacial score (nSPS) is 21.1. The van der Waals surface area contributed by atoms with Gasteiger partial charge in [-0.05, 0) is 48.1 Å². The molecule has 2 aliphatic rings. The standard InChI is InChI=1S/C28H30N2O/c1-21-11-13-24(14-12-21)28(31)30-19-26(27(20-30)23-8-3-2-4-9-23)18-29-16-15-22-7-5-6-10-25(22)17-29/h2-14,26-27H,15-20H2,1H3. The van der Waals surface area contributed by atoms with E-state index in [1.807, 2.05) is 24.3 Å². The van der Waals surface area contributed by atoms with Gasteiger partial charge in [-0.2, -0.15) is 0 Å². The lowest BCUT2D eigenvalue weighted by molar-refractivity contribution is 0.0782. The number of rotatable bonds is 4. The number of carbonyl (C=O) groups excluding carboxylic acids is 1. The Balaban J connectivity index is 1.35. The second-order valence-electron chi connectivity index (χ2n) is 9.11. The lowest BCUT2D eigenvalue weighted by Crippen LogP contribution is -2.37. The largest absolute Gasteiger partial charge is 0.338 e. The average Bonchev–Trinajstić information content (AvgIpc) is 3.23. The van der Waals surface area contributed by atoms with Crippen molar-refractivity contribution in [1.29, 1.82) is 0 Å². The van der Waals surface area contributed by atoms with Gasteiger partial charge in [-0.1, -0.05) is 72.3 Å². The van der Waals surface area contributed by atoms with Crippen molar-refractivity contribution in [1.82, 2.24) is 9.80 Å². The molecule has 1 fully saturated rings. The zero-order valence-corrected chi connectivity index (χ0v) is 18.2. The van der Waals surface area contributed by atoms with Gasteiger partial charge >= 0.3 is 0 Å². The van der Waals surface area contributed by atoms with Gasteiger partial charge in [0.2, 0.25) is 0 Å². The number of hydrogen-bond donors (Lipinski definition) is 0. The number of amides is 1. The van der Waals surface area contributed by atoms with Crippen LogP contribution in [0.4, 0.5) is 0 Å². The van der Waals surface area contributed by atoms with Crippen molar-refractivity contribution in [3.8, 4) is 0 Å². The summed E-state index contributed by atoms with van der Waals surface area (Å²) in [7, 11) is 0. The van der Waals surface area contributed by atoms with Gasteiger partial charge in [0.05, 0.1) is 0 Å². The summed E-state index contributed by atoms with van der Waals surface area (Å²) in [6, 6.07) is 27.6. The van der Waals surface area contributed by atoms with Crippen LogP contribution in [0.2, 0.25) is 0 Å². The van der Waals surface area contributed by atoms with E-state index in [1.54, 1.807) is 0 Å². The Kier molecular flexibility index (Phi) is 5.61. The zero-order chi connectivity index (χ0) is 21.2. The van der Waals surface area contributed by atoms with Crippen molar-refractivity contribution in [2.75, 3.05) is 26.2 Å². The van der Waals surface area contributed by atoms with Crippen LogP contribution in [0.15, 0.2) is 78.9 Å². The first-order valence-corrected chi connectivity index (χ1v) is 11.4. The third-order valence-electron chi connectivity index (χ3n) is 6.96. The van der Waals surface area contributed by atoms with Gasteiger partial charge in [-0.25, -0.2) is 0 Å². The molecule has 2 heterocycles. The topological polar surface area (TPSA) is 23.6 Å². The quantitative estimate of drug-likeness (QED) is 0.610. The average molecular weight is 411 g/mol. The molecule has 3 aromatic carbocycles. The van der Waals surface area contributed by atoms with Crippen molar-refractivity contribution in [3.63, 3.8) is 0 Å². The first-order valence-electron chi connectivity index (χ1n) is 11.4. The Labute approximate surface area is 185 Å². The molecule has 5 rings (SSSR count). The van der Waals surface area contributed by atoms with Crippen molar-refractivity contribution in [3.05, 3.63) is 107 Å². The van der Waals surface area contributed by atoms with Gasteiger partial charge in [-0.15, -0.1) is 0 Å². The summed E-state index contributed by atoms with van der Waals surface area (Å²) in [5.74, 6) is 0.988. The van der Waals surface area contributed by atoms with Crippen molar-refractivity contribution < 1.29 is 4.79 Å². The van der Waals surface area contributed by atoms with E-state index in [4.69, 9.17) is 0 Å². The van der Waals surface area contributed by atoms with Crippen LogP contribution in [-0.2, 0) is 13.0 Å². The summed E-state index contributed by atoms with van der Waals surface area (Å²) >= 11 is 0. The second-order valence-corrected chi connectivity index (χ2v) is 9.11. The Morgan fingerprint density at radius 3 is 2.35 bits per heavy atom. The van der Waals surface area contributed by atoms with E-state index in [1.165, 1.54) is 22.3 Å². The molecule has 3 heteroatoms.